The van der Waals surface area contributed by atoms with Gasteiger partial charge in [-0.15, -0.1) is 0 Å². The number of benzene rings is 3. The van der Waals surface area contributed by atoms with Crippen molar-refractivity contribution in [2.75, 3.05) is 28.4 Å². The molecule has 0 amide bonds. The molecule has 0 radical (unpaired) electrons. The van der Waals surface area contributed by atoms with Gasteiger partial charge in [-0.05, 0) is 35.9 Å². The lowest BCUT2D eigenvalue weighted by Gasteiger charge is -2.27. The van der Waals surface area contributed by atoms with Crippen LogP contribution in [0.2, 0.25) is 0 Å². The van der Waals surface area contributed by atoms with E-state index in [1.165, 1.54) is 28.4 Å². The summed E-state index contributed by atoms with van der Waals surface area (Å²) < 4.78 is 32.9. The second-order valence-corrected chi connectivity index (χ2v) is 7.67. The minimum atomic E-state index is -0.592. The first-order valence-electron chi connectivity index (χ1n) is 10.8. The molecule has 0 bridgehead atoms. The monoisotopic (exact) mass is 488 g/mol. The molecule has 9 heteroatoms. The van der Waals surface area contributed by atoms with Crippen LogP contribution in [0, 0.1) is 11.3 Å². The predicted octanol–water partition coefficient (Wildman–Crippen LogP) is 4.16. The number of rotatable bonds is 7. The molecule has 2 N–H and O–H groups in total. The third-order valence-corrected chi connectivity index (χ3v) is 5.75. The molecule has 9 nitrogen and oxygen atoms in total. The first-order valence-corrected chi connectivity index (χ1v) is 10.8. The zero-order valence-corrected chi connectivity index (χ0v) is 20.2. The number of carbonyl (C=O) groups is 1. The van der Waals surface area contributed by atoms with Crippen LogP contribution >= 0.6 is 0 Å². The van der Waals surface area contributed by atoms with Crippen molar-refractivity contribution < 1.29 is 33.2 Å². The maximum Gasteiger partial charge on any atom is 0.347 e. The van der Waals surface area contributed by atoms with Gasteiger partial charge in [0.05, 0.1) is 34.4 Å². The number of esters is 1. The van der Waals surface area contributed by atoms with Crippen molar-refractivity contribution in [1.29, 1.82) is 5.26 Å². The normalized spacial score (nSPS) is 14.1. The highest BCUT2D eigenvalue weighted by Gasteiger charge is 2.33. The van der Waals surface area contributed by atoms with Crippen LogP contribution < -0.4 is 34.2 Å². The highest BCUT2D eigenvalue weighted by atomic mass is 16.5. The summed E-state index contributed by atoms with van der Waals surface area (Å²) >= 11 is 0. The number of methoxy groups -OCH3 is 4. The van der Waals surface area contributed by atoms with E-state index >= 15 is 0 Å². The fraction of sp³-hybridized carbons (Fsp3) is 0.185. The summed E-state index contributed by atoms with van der Waals surface area (Å²) in [5, 5.41) is 9.89. The Morgan fingerprint density at radius 3 is 2.19 bits per heavy atom. The summed E-state index contributed by atoms with van der Waals surface area (Å²) in [5.41, 5.74) is 7.95. The molecule has 0 aliphatic carbocycles. The molecule has 3 aromatic rings. The first-order chi connectivity index (χ1) is 17.4. The average molecular weight is 488 g/mol. The van der Waals surface area contributed by atoms with Crippen molar-refractivity contribution in [2.45, 2.75) is 5.92 Å². The molecule has 184 valence electrons. The van der Waals surface area contributed by atoms with E-state index in [4.69, 9.17) is 34.2 Å². The van der Waals surface area contributed by atoms with Gasteiger partial charge in [0.25, 0.3) is 0 Å². The molecule has 1 aliphatic heterocycles. The molecule has 1 atom stereocenters. The fourth-order valence-electron chi connectivity index (χ4n) is 4.09. The summed E-state index contributed by atoms with van der Waals surface area (Å²) in [7, 11) is 6.01. The average Bonchev–Trinajstić information content (AvgIpc) is 2.91. The summed E-state index contributed by atoms with van der Waals surface area (Å²) in [4.78, 5) is 12.8. The minimum Gasteiger partial charge on any atom is -0.496 e. The van der Waals surface area contributed by atoms with Gasteiger partial charge < -0.3 is 34.2 Å². The number of para-hydroxylation sites is 1. The van der Waals surface area contributed by atoms with Gasteiger partial charge in [0.2, 0.25) is 11.6 Å². The molecule has 1 unspecified atom stereocenters. The van der Waals surface area contributed by atoms with Crippen LogP contribution in [-0.4, -0.2) is 34.4 Å². The van der Waals surface area contributed by atoms with Crippen LogP contribution in [-0.2, 0) is 0 Å². The Morgan fingerprint density at radius 2 is 1.58 bits per heavy atom. The van der Waals surface area contributed by atoms with E-state index in [2.05, 4.69) is 6.07 Å². The number of hydrogen-bond acceptors (Lipinski definition) is 9. The van der Waals surface area contributed by atoms with Gasteiger partial charge in [0.1, 0.15) is 34.5 Å². The van der Waals surface area contributed by atoms with E-state index < -0.39 is 11.9 Å². The van der Waals surface area contributed by atoms with Gasteiger partial charge in [-0.1, -0.05) is 18.2 Å². The molecule has 0 saturated heterocycles. The molecule has 36 heavy (non-hydrogen) atoms. The molecule has 0 aromatic heterocycles. The topological polar surface area (TPSA) is 122 Å². The van der Waals surface area contributed by atoms with Crippen LogP contribution in [0.1, 0.15) is 27.4 Å². The smallest absolute Gasteiger partial charge is 0.347 e. The minimum absolute atomic E-state index is 0.0584. The summed E-state index contributed by atoms with van der Waals surface area (Å²) in [5.74, 6) is 1.01. The Balaban J connectivity index is 1.76. The molecular weight excluding hydrogens is 464 g/mol. The molecule has 3 aromatic carbocycles. The SMILES string of the molecule is COc1ccccc1C(=O)Oc1ccc2c(c1)OC(N)=C(C#N)C2c1cc(OC)c(OC)c(OC)c1. The maximum absolute atomic E-state index is 12.8. The Hall–Kier alpha value is -4.84. The number of nitrogens with zero attached hydrogens (tertiary/aromatic N) is 1. The number of fused-ring (bicyclic) bond motifs is 1. The van der Waals surface area contributed by atoms with Crippen molar-refractivity contribution in [3.63, 3.8) is 0 Å². The lowest BCUT2D eigenvalue weighted by atomic mass is 9.83. The lowest BCUT2D eigenvalue weighted by Crippen LogP contribution is -2.21. The molecular formula is C27H24N2O7. The molecule has 1 aliphatic rings. The number of nitrogens with two attached hydrogens (primary N) is 1. The lowest BCUT2D eigenvalue weighted by molar-refractivity contribution is 0.0731. The molecule has 1 heterocycles. The van der Waals surface area contributed by atoms with Crippen LogP contribution in [0.4, 0.5) is 0 Å². The summed E-state index contributed by atoms with van der Waals surface area (Å²) in [6.45, 7) is 0. The Kier molecular flexibility index (Phi) is 6.88. The predicted molar refractivity (Wildman–Crippen MR) is 130 cm³/mol. The van der Waals surface area contributed by atoms with Gasteiger partial charge in [0.15, 0.2) is 11.5 Å². The second kappa shape index (κ2) is 10.2. The first kappa shape index (κ1) is 24.3. The van der Waals surface area contributed by atoms with Crippen LogP contribution in [0.5, 0.6) is 34.5 Å². The molecule has 0 spiro atoms. The number of nitriles is 1. The van der Waals surface area contributed by atoms with Gasteiger partial charge in [-0.25, -0.2) is 4.79 Å². The quantitative estimate of drug-likeness (QED) is 0.386. The Bertz CT molecular complexity index is 1370. The third-order valence-electron chi connectivity index (χ3n) is 5.75. The number of carbonyl (C=O) groups excluding carboxylic acids is 1. The number of allylic oxidation sites excluding steroid dienone is 1. The van der Waals surface area contributed by atoms with E-state index in [1.807, 2.05) is 0 Å². The maximum atomic E-state index is 12.8. The third kappa shape index (κ3) is 4.32. The zero-order valence-electron chi connectivity index (χ0n) is 20.2. The highest BCUT2D eigenvalue weighted by Crippen LogP contribution is 2.47. The molecule has 4 rings (SSSR count). The van der Waals surface area contributed by atoms with Crippen molar-refractivity contribution in [3.05, 3.63) is 82.7 Å². The summed E-state index contributed by atoms with van der Waals surface area (Å²) in [6, 6.07) is 17.3. The van der Waals surface area contributed by atoms with E-state index in [1.54, 1.807) is 54.6 Å². The van der Waals surface area contributed by atoms with Crippen molar-refractivity contribution in [2.24, 2.45) is 5.73 Å². The van der Waals surface area contributed by atoms with Crippen molar-refractivity contribution in [3.8, 4) is 40.6 Å². The van der Waals surface area contributed by atoms with Crippen molar-refractivity contribution >= 4 is 5.97 Å². The largest absolute Gasteiger partial charge is 0.496 e. The standard InChI is InChI=1S/C27H24N2O7/c1-31-20-8-6-5-7-18(20)27(30)35-16-9-10-17-21(13-16)36-26(29)19(14-28)24(17)15-11-22(32-2)25(34-4)23(12-15)33-3/h5-13,24H,29H2,1-4H3. The van der Waals surface area contributed by atoms with Crippen LogP contribution in [0.3, 0.4) is 0 Å². The van der Waals surface area contributed by atoms with Crippen LogP contribution in [0.15, 0.2) is 66.1 Å². The number of hydrogen-bond donors (Lipinski definition) is 1. The summed E-state index contributed by atoms with van der Waals surface area (Å²) in [6.07, 6.45) is 0. The Morgan fingerprint density at radius 1 is 0.917 bits per heavy atom. The molecule has 0 fully saturated rings. The second-order valence-electron chi connectivity index (χ2n) is 7.67. The van der Waals surface area contributed by atoms with Gasteiger partial charge in [-0.2, -0.15) is 5.26 Å². The fourth-order valence-corrected chi connectivity index (χ4v) is 4.09. The molecule has 0 saturated carbocycles. The van der Waals surface area contributed by atoms with Crippen LogP contribution in [0.25, 0.3) is 0 Å². The number of ether oxygens (including phenoxy) is 6. The Labute approximate surface area is 208 Å². The van der Waals surface area contributed by atoms with E-state index in [0.717, 1.165) is 0 Å². The van der Waals surface area contributed by atoms with Gasteiger partial charge >= 0.3 is 5.97 Å². The van der Waals surface area contributed by atoms with Crippen molar-refractivity contribution in [1.82, 2.24) is 0 Å². The zero-order chi connectivity index (χ0) is 25.8. The van der Waals surface area contributed by atoms with E-state index in [-0.39, 0.29) is 22.8 Å². The van der Waals surface area contributed by atoms with E-state index in [9.17, 15) is 10.1 Å². The highest BCUT2D eigenvalue weighted by molar-refractivity contribution is 5.94. The van der Waals surface area contributed by atoms with Gasteiger partial charge in [-0.3, -0.25) is 0 Å². The van der Waals surface area contributed by atoms with Gasteiger partial charge in [0, 0.05) is 11.6 Å². The van der Waals surface area contributed by atoms with E-state index in [0.29, 0.717) is 39.9 Å².